The van der Waals surface area contributed by atoms with Gasteiger partial charge in [-0.05, 0) is 37.1 Å². The Morgan fingerprint density at radius 2 is 1.88 bits per heavy atom. The highest BCUT2D eigenvalue weighted by atomic mass is 35.5. The predicted octanol–water partition coefficient (Wildman–Crippen LogP) is 0.548. The van der Waals surface area contributed by atoms with E-state index in [-0.39, 0.29) is 35.2 Å². The van der Waals surface area contributed by atoms with Gasteiger partial charge in [-0.25, -0.2) is 8.42 Å². The smallest absolute Gasteiger partial charge is 0.253 e. The Bertz CT molecular complexity index is 767. The number of halogens is 1. The Labute approximate surface area is 160 Å². The molecule has 2 aliphatic rings. The van der Waals surface area contributed by atoms with Crippen LogP contribution in [-0.2, 0) is 14.6 Å². The normalized spacial score (nSPS) is 21.3. The van der Waals surface area contributed by atoms with Crippen molar-refractivity contribution < 1.29 is 18.0 Å². The molecule has 0 aliphatic carbocycles. The second-order valence-electron chi connectivity index (χ2n) is 6.61. The quantitative estimate of drug-likeness (QED) is 0.799. The highest BCUT2D eigenvalue weighted by molar-refractivity contribution is 7.90. The molecule has 2 amide bonds. The van der Waals surface area contributed by atoms with Gasteiger partial charge >= 0.3 is 0 Å². The van der Waals surface area contributed by atoms with Gasteiger partial charge in [0.15, 0.2) is 9.84 Å². The molecule has 2 aliphatic heterocycles. The van der Waals surface area contributed by atoms with Crippen LogP contribution in [0.5, 0.6) is 0 Å². The van der Waals surface area contributed by atoms with E-state index in [1.165, 1.54) is 12.1 Å². The van der Waals surface area contributed by atoms with E-state index in [0.29, 0.717) is 31.7 Å². The van der Waals surface area contributed by atoms with Gasteiger partial charge in [-0.3, -0.25) is 9.59 Å². The summed E-state index contributed by atoms with van der Waals surface area (Å²) >= 11 is 0. The summed E-state index contributed by atoms with van der Waals surface area (Å²) in [5, 5.41) is 3.06. The fourth-order valence-electron chi connectivity index (χ4n) is 3.43. The number of hydrogen-bond acceptors (Lipinski definition) is 5. The van der Waals surface area contributed by atoms with Gasteiger partial charge in [0.1, 0.15) is 0 Å². The number of piperidine rings is 1. The monoisotopic (exact) mass is 401 g/mol. The average molecular weight is 402 g/mol. The molecule has 0 spiro atoms. The maximum atomic E-state index is 12.7. The summed E-state index contributed by atoms with van der Waals surface area (Å²) < 4.78 is 23.1. The number of nitrogens with zero attached hydrogens (tertiary/aromatic N) is 2. The first-order valence-electron chi connectivity index (χ1n) is 8.46. The van der Waals surface area contributed by atoms with Crippen molar-refractivity contribution in [2.75, 3.05) is 39.0 Å². The van der Waals surface area contributed by atoms with Gasteiger partial charge in [-0.15, -0.1) is 12.4 Å². The third kappa shape index (κ3) is 4.55. The summed E-state index contributed by atoms with van der Waals surface area (Å²) in [6, 6.07) is 6.09. The first kappa shape index (κ1) is 20.7. The number of benzene rings is 1. The molecule has 2 fully saturated rings. The third-order valence-corrected chi connectivity index (χ3v) is 5.91. The fraction of sp³-hybridized carbons (Fsp3) is 0.529. The predicted molar refractivity (Wildman–Crippen MR) is 100 cm³/mol. The van der Waals surface area contributed by atoms with Crippen LogP contribution in [0.3, 0.4) is 0 Å². The molecule has 26 heavy (non-hydrogen) atoms. The molecule has 0 radical (unpaired) electrons. The molecule has 7 nitrogen and oxygen atoms in total. The molecule has 0 bridgehead atoms. The zero-order valence-corrected chi connectivity index (χ0v) is 16.3. The molecule has 9 heteroatoms. The summed E-state index contributed by atoms with van der Waals surface area (Å²) in [5.74, 6) is -0.0320. The minimum absolute atomic E-state index is 0. The second kappa shape index (κ2) is 8.37. The fourth-order valence-corrected chi connectivity index (χ4v) is 4.06. The van der Waals surface area contributed by atoms with Crippen LogP contribution in [0.25, 0.3) is 0 Å². The topological polar surface area (TPSA) is 86.8 Å². The molecular formula is C17H24ClN3O4S. The van der Waals surface area contributed by atoms with Crippen LogP contribution in [0.2, 0.25) is 0 Å². The Morgan fingerprint density at radius 3 is 2.50 bits per heavy atom. The maximum absolute atomic E-state index is 12.7. The SMILES string of the molecule is CS(=O)(=O)c1ccc(C(=O)N2CCCC(N3CCNCC3=O)C2)cc1.Cl. The number of piperazine rings is 1. The van der Waals surface area contributed by atoms with E-state index >= 15 is 0 Å². The van der Waals surface area contributed by atoms with E-state index in [2.05, 4.69) is 5.32 Å². The summed E-state index contributed by atoms with van der Waals surface area (Å²) in [7, 11) is -3.27. The number of nitrogens with one attached hydrogen (secondary N) is 1. The number of carbonyl (C=O) groups excluding carboxylic acids is 2. The van der Waals surface area contributed by atoms with Crippen molar-refractivity contribution in [2.24, 2.45) is 0 Å². The Morgan fingerprint density at radius 1 is 1.19 bits per heavy atom. The molecular weight excluding hydrogens is 378 g/mol. The van der Waals surface area contributed by atoms with Crippen LogP contribution in [-0.4, -0.2) is 75.1 Å². The molecule has 1 unspecified atom stereocenters. The van der Waals surface area contributed by atoms with Gasteiger partial charge in [0, 0.05) is 44.0 Å². The standard InChI is InChI=1S/C17H23N3O4S.ClH/c1-25(23,24)15-6-4-13(5-7-15)17(22)19-9-2-3-14(12-19)20-10-8-18-11-16(20)21;/h4-7,14,18H,2-3,8-12H2,1H3;1H. The van der Waals surface area contributed by atoms with Crippen LogP contribution in [0.15, 0.2) is 29.2 Å². The summed E-state index contributed by atoms with van der Waals surface area (Å²) in [6.45, 7) is 3.00. The lowest BCUT2D eigenvalue weighted by Gasteiger charge is -2.41. The molecule has 0 aromatic heterocycles. The minimum Gasteiger partial charge on any atom is -0.337 e. The van der Waals surface area contributed by atoms with Gasteiger partial charge in [-0.2, -0.15) is 0 Å². The molecule has 144 valence electrons. The lowest BCUT2D eigenvalue weighted by atomic mass is 10.0. The van der Waals surface area contributed by atoms with Gasteiger partial charge in [0.05, 0.1) is 11.4 Å². The van der Waals surface area contributed by atoms with Crippen molar-refractivity contribution in [3.63, 3.8) is 0 Å². The van der Waals surface area contributed by atoms with Gasteiger partial charge in [0.2, 0.25) is 5.91 Å². The number of amides is 2. The number of carbonyl (C=O) groups is 2. The number of sulfone groups is 1. The van der Waals surface area contributed by atoms with Crippen LogP contribution in [0.4, 0.5) is 0 Å². The highest BCUT2D eigenvalue weighted by Gasteiger charge is 2.31. The number of likely N-dealkylation sites (tertiary alicyclic amines) is 1. The van der Waals surface area contributed by atoms with Crippen molar-refractivity contribution in [3.8, 4) is 0 Å². The van der Waals surface area contributed by atoms with Gasteiger partial charge in [-0.1, -0.05) is 0 Å². The Balaban J connectivity index is 0.00000243. The van der Waals surface area contributed by atoms with Crippen LogP contribution < -0.4 is 5.32 Å². The minimum atomic E-state index is -3.27. The van der Waals surface area contributed by atoms with Crippen LogP contribution >= 0.6 is 12.4 Å². The van der Waals surface area contributed by atoms with Crippen molar-refractivity contribution >= 4 is 34.1 Å². The van der Waals surface area contributed by atoms with E-state index < -0.39 is 9.84 Å². The van der Waals surface area contributed by atoms with Crippen molar-refractivity contribution in [1.29, 1.82) is 0 Å². The zero-order chi connectivity index (χ0) is 18.0. The second-order valence-corrected chi connectivity index (χ2v) is 8.62. The third-order valence-electron chi connectivity index (χ3n) is 4.78. The molecule has 1 aromatic rings. The van der Waals surface area contributed by atoms with E-state index in [1.807, 2.05) is 4.90 Å². The lowest BCUT2D eigenvalue weighted by Crippen LogP contribution is -2.57. The Hall–Kier alpha value is -1.64. The molecule has 2 saturated heterocycles. The van der Waals surface area contributed by atoms with Crippen molar-refractivity contribution in [1.82, 2.24) is 15.1 Å². The van der Waals surface area contributed by atoms with E-state index in [1.54, 1.807) is 17.0 Å². The summed E-state index contributed by atoms with van der Waals surface area (Å²) in [5.41, 5.74) is 0.472. The molecule has 0 saturated carbocycles. The largest absolute Gasteiger partial charge is 0.337 e. The number of hydrogen-bond donors (Lipinski definition) is 1. The first-order valence-corrected chi connectivity index (χ1v) is 10.3. The van der Waals surface area contributed by atoms with Gasteiger partial charge < -0.3 is 15.1 Å². The zero-order valence-electron chi connectivity index (χ0n) is 14.7. The molecule has 1 atom stereocenters. The van der Waals surface area contributed by atoms with E-state index in [9.17, 15) is 18.0 Å². The van der Waals surface area contributed by atoms with Crippen LogP contribution in [0, 0.1) is 0 Å². The maximum Gasteiger partial charge on any atom is 0.253 e. The Kier molecular flexibility index (Phi) is 6.65. The molecule has 3 rings (SSSR count). The average Bonchev–Trinajstić information content (AvgIpc) is 2.61. The number of rotatable bonds is 3. The first-order chi connectivity index (χ1) is 11.9. The van der Waals surface area contributed by atoms with Crippen molar-refractivity contribution in [2.45, 2.75) is 23.8 Å². The summed E-state index contributed by atoms with van der Waals surface area (Å²) in [6.07, 6.45) is 2.90. The van der Waals surface area contributed by atoms with Gasteiger partial charge in [0.25, 0.3) is 5.91 Å². The molecule has 1 aromatic carbocycles. The highest BCUT2D eigenvalue weighted by Crippen LogP contribution is 2.20. The van der Waals surface area contributed by atoms with Crippen molar-refractivity contribution in [3.05, 3.63) is 29.8 Å². The summed E-state index contributed by atoms with van der Waals surface area (Å²) in [4.78, 5) is 28.6. The molecule has 2 heterocycles. The van der Waals surface area contributed by atoms with E-state index in [0.717, 1.165) is 25.6 Å². The van der Waals surface area contributed by atoms with Crippen LogP contribution in [0.1, 0.15) is 23.2 Å². The molecule has 1 N–H and O–H groups in total. The van der Waals surface area contributed by atoms with E-state index in [4.69, 9.17) is 0 Å². The lowest BCUT2D eigenvalue weighted by molar-refractivity contribution is -0.135.